The van der Waals surface area contributed by atoms with Gasteiger partial charge in [0, 0.05) is 21.4 Å². The maximum absolute atomic E-state index is 12.6. The molecule has 0 bridgehead atoms. The average molecular weight is 563 g/mol. The number of carbonyl (C=O) groups is 2. The van der Waals surface area contributed by atoms with E-state index < -0.39 is 0 Å². The zero-order chi connectivity index (χ0) is 23.3. The van der Waals surface area contributed by atoms with E-state index in [-0.39, 0.29) is 23.6 Å². The maximum atomic E-state index is 12.6. The normalized spacial score (nSPS) is 11.8. The van der Waals surface area contributed by atoms with Crippen molar-refractivity contribution in [2.45, 2.75) is 45.4 Å². The number of nitrogens with zero attached hydrogens (tertiary/aromatic N) is 3. The number of nitrogens with one attached hydrogen (secondary N) is 2. The van der Waals surface area contributed by atoms with E-state index in [1.807, 2.05) is 68.7 Å². The molecule has 3 rings (SSSR count). The highest BCUT2D eigenvalue weighted by molar-refractivity contribution is 14.1. The highest BCUT2D eigenvalue weighted by Gasteiger charge is 2.20. The molecule has 7 nitrogen and oxygen atoms in total. The van der Waals surface area contributed by atoms with Crippen molar-refractivity contribution in [1.29, 1.82) is 0 Å². The van der Waals surface area contributed by atoms with E-state index in [1.165, 1.54) is 11.8 Å². The second-order valence-corrected chi connectivity index (χ2v) is 9.63. The number of thioether (sulfide) groups is 1. The maximum Gasteiger partial charge on any atom is 0.251 e. The van der Waals surface area contributed by atoms with Crippen LogP contribution in [0.4, 0.5) is 5.69 Å². The number of carbonyl (C=O) groups excluding carboxylic acids is 2. The van der Waals surface area contributed by atoms with E-state index in [1.54, 1.807) is 6.07 Å². The number of hydrogen-bond acceptors (Lipinski definition) is 5. The standard InChI is InChI=1S/C23H26IN5O2S/c1-5-29-21(16(4)25-22(31)17-8-6-7-14(2)11-17)27-28-23(29)32-13-20(30)26-19-10-9-18(24)12-15(19)3/h6-12,16H,5,13H2,1-4H3,(H,25,31)(H,26,30)/t16-/m1/s1. The van der Waals surface area contributed by atoms with Gasteiger partial charge in [0.05, 0.1) is 11.8 Å². The lowest BCUT2D eigenvalue weighted by Gasteiger charge is -2.15. The summed E-state index contributed by atoms with van der Waals surface area (Å²) in [5.41, 5.74) is 3.46. The molecule has 1 aromatic heterocycles. The van der Waals surface area contributed by atoms with Crippen molar-refractivity contribution >= 4 is 51.9 Å². The lowest BCUT2D eigenvalue weighted by atomic mass is 10.1. The van der Waals surface area contributed by atoms with Crippen molar-refractivity contribution in [2.24, 2.45) is 0 Å². The molecule has 0 radical (unpaired) electrons. The lowest BCUT2D eigenvalue weighted by Crippen LogP contribution is -2.28. The monoisotopic (exact) mass is 563 g/mol. The molecule has 2 N–H and O–H groups in total. The van der Waals surface area contributed by atoms with Crippen LogP contribution in [-0.2, 0) is 11.3 Å². The van der Waals surface area contributed by atoms with E-state index >= 15 is 0 Å². The van der Waals surface area contributed by atoms with E-state index in [9.17, 15) is 9.59 Å². The van der Waals surface area contributed by atoms with Crippen LogP contribution in [0.1, 0.15) is 47.2 Å². The Morgan fingerprint density at radius 1 is 1.16 bits per heavy atom. The number of anilines is 1. The number of halogens is 1. The summed E-state index contributed by atoms with van der Waals surface area (Å²) in [5.74, 6) is 0.610. The van der Waals surface area contributed by atoms with Gasteiger partial charge >= 0.3 is 0 Å². The van der Waals surface area contributed by atoms with Gasteiger partial charge in [-0.1, -0.05) is 29.5 Å². The van der Waals surface area contributed by atoms with E-state index in [0.29, 0.717) is 23.1 Å². The molecule has 2 amide bonds. The molecule has 3 aromatic rings. The van der Waals surface area contributed by atoms with Crippen LogP contribution in [0.5, 0.6) is 0 Å². The smallest absolute Gasteiger partial charge is 0.251 e. The summed E-state index contributed by atoms with van der Waals surface area (Å²) in [7, 11) is 0. The van der Waals surface area contributed by atoms with Gasteiger partial charge in [0.25, 0.3) is 5.91 Å². The van der Waals surface area contributed by atoms with Crippen LogP contribution in [0.3, 0.4) is 0 Å². The molecule has 0 spiro atoms. The number of aryl methyl sites for hydroxylation is 2. The van der Waals surface area contributed by atoms with Crippen LogP contribution in [0.15, 0.2) is 47.6 Å². The van der Waals surface area contributed by atoms with Gasteiger partial charge in [-0.3, -0.25) is 9.59 Å². The number of rotatable bonds is 8. The van der Waals surface area contributed by atoms with E-state index in [2.05, 4.69) is 43.4 Å². The second-order valence-electron chi connectivity index (χ2n) is 7.45. The minimum atomic E-state index is -0.326. The Bertz CT molecular complexity index is 1130. The van der Waals surface area contributed by atoms with Gasteiger partial charge in [-0.2, -0.15) is 0 Å². The zero-order valence-corrected chi connectivity index (χ0v) is 21.5. The number of benzene rings is 2. The van der Waals surface area contributed by atoms with Crippen LogP contribution in [0.2, 0.25) is 0 Å². The summed E-state index contributed by atoms with van der Waals surface area (Å²) in [6.45, 7) is 8.42. The first-order chi connectivity index (χ1) is 15.3. The predicted molar refractivity (Wildman–Crippen MR) is 136 cm³/mol. The second kappa shape index (κ2) is 11.0. The van der Waals surface area contributed by atoms with E-state index in [4.69, 9.17) is 0 Å². The molecule has 1 atom stereocenters. The molecule has 0 fully saturated rings. The van der Waals surface area contributed by atoms with Crippen LogP contribution in [0, 0.1) is 17.4 Å². The quantitative estimate of drug-likeness (QED) is 0.306. The molecular formula is C23H26IN5O2S. The molecular weight excluding hydrogens is 537 g/mol. The van der Waals surface area contributed by atoms with Crippen LogP contribution >= 0.6 is 34.4 Å². The number of amides is 2. The Labute approximate surface area is 205 Å². The molecule has 32 heavy (non-hydrogen) atoms. The van der Waals surface area contributed by atoms with Crippen LogP contribution < -0.4 is 10.6 Å². The lowest BCUT2D eigenvalue weighted by molar-refractivity contribution is -0.113. The van der Waals surface area contributed by atoms with Crippen molar-refractivity contribution in [3.05, 3.63) is 68.5 Å². The Balaban J connectivity index is 1.63. The Morgan fingerprint density at radius 2 is 1.94 bits per heavy atom. The third-order valence-electron chi connectivity index (χ3n) is 4.87. The van der Waals surface area contributed by atoms with Crippen molar-refractivity contribution in [3.8, 4) is 0 Å². The fraction of sp³-hybridized carbons (Fsp3) is 0.304. The van der Waals surface area contributed by atoms with E-state index in [0.717, 1.165) is 20.4 Å². The summed E-state index contributed by atoms with van der Waals surface area (Å²) < 4.78 is 3.05. The predicted octanol–water partition coefficient (Wildman–Crippen LogP) is 4.74. The van der Waals surface area contributed by atoms with Gasteiger partial charge in [-0.15, -0.1) is 10.2 Å². The van der Waals surface area contributed by atoms with Crippen molar-refractivity contribution < 1.29 is 9.59 Å². The van der Waals surface area contributed by atoms with Gasteiger partial charge < -0.3 is 15.2 Å². The first-order valence-corrected chi connectivity index (χ1v) is 12.3. The number of aromatic nitrogens is 3. The molecule has 0 aliphatic heterocycles. The first kappa shape index (κ1) is 24.2. The molecule has 0 aliphatic carbocycles. The molecule has 0 unspecified atom stereocenters. The fourth-order valence-corrected chi connectivity index (χ4v) is 4.70. The van der Waals surface area contributed by atoms with Gasteiger partial charge in [0.1, 0.15) is 0 Å². The molecule has 9 heteroatoms. The summed E-state index contributed by atoms with van der Waals surface area (Å²) in [5, 5.41) is 15.1. The Morgan fingerprint density at radius 3 is 2.62 bits per heavy atom. The third kappa shape index (κ3) is 6.10. The minimum Gasteiger partial charge on any atom is -0.342 e. The largest absolute Gasteiger partial charge is 0.342 e. The molecule has 0 saturated carbocycles. The molecule has 0 saturated heterocycles. The number of hydrogen-bond donors (Lipinski definition) is 2. The fourth-order valence-electron chi connectivity index (χ4n) is 3.24. The van der Waals surface area contributed by atoms with Gasteiger partial charge in [-0.05, 0) is 86.2 Å². The van der Waals surface area contributed by atoms with Crippen molar-refractivity contribution in [3.63, 3.8) is 0 Å². The van der Waals surface area contributed by atoms with Crippen LogP contribution in [-0.4, -0.2) is 32.3 Å². The SMILES string of the molecule is CCn1c(SCC(=O)Nc2ccc(I)cc2C)nnc1[C@@H](C)NC(=O)c1cccc(C)c1. The van der Waals surface area contributed by atoms with Crippen LogP contribution in [0.25, 0.3) is 0 Å². The summed E-state index contributed by atoms with van der Waals surface area (Å²) >= 11 is 3.57. The van der Waals surface area contributed by atoms with Gasteiger partial charge in [-0.25, -0.2) is 0 Å². The topological polar surface area (TPSA) is 88.9 Å². The highest BCUT2D eigenvalue weighted by atomic mass is 127. The summed E-state index contributed by atoms with van der Waals surface area (Å²) in [4.78, 5) is 25.0. The van der Waals surface area contributed by atoms with Crippen molar-refractivity contribution in [2.75, 3.05) is 11.1 Å². The molecule has 2 aromatic carbocycles. The Kier molecular flexibility index (Phi) is 8.30. The van der Waals surface area contributed by atoms with Gasteiger partial charge in [0.15, 0.2) is 11.0 Å². The molecule has 1 heterocycles. The molecule has 168 valence electrons. The zero-order valence-electron chi connectivity index (χ0n) is 18.5. The average Bonchev–Trinajstić information content (AvgIpc) is 3.17. The summed E-state index contributed by atoms with van der Waals surface area (Å²) in [6.07, 6.45) is 0. The highest BCUT2D eigenvalue weighted by Crippen LogP contribution is 2.22. The summed E-state index contributed by atoms with van der Waals surface area (Å²) in [6, 6.07) is 13.0. The van der Waals surface area contributed by atoms with Gasteiger partial charge in [0.2, 0.25) is 5.91 Å². The Hall–Kier alpha value is -2.40. The first-order valence-electron chi connectivity index (χ1n) is 10.3. The minimum absolute atomic E-state index is 0.104. The molecule has 0 aliphatic rings. The van der Waals surface area contributed by atoms with Crippen molar-refractivity contribution in [1.82, 2.24) is 20.1 Å². The third-order valence-corrected chi connectivity index (χ3v) is 6.51.